The number of piperidine rings is 1. The minimum atomic E-state index is -2.48. The van der Waals surface area contributed by atoms with E-state index in [1.807, 2.05) is 36.1 Å². The third-order valence-corrected chi connectivity index (χ3v) is 8.85. The van der Waals surface area contributed by atoms with Crippen molar-refractivity contribution in [1.82, 2.24) is 35.0 Å². The van der Waals surface area contributed by atoms with Crippen LogP contribution in [0.4, 0.5) is 8.78 Å². The first-order chi connectivity index (χ1) is 19.8. The van der Waals surface area contributed by atoms with Crippen LogP contribution in [0.5, 0.6) is 0 Å². The van der Waals surface area contributed by atoms with E-state index in [0.29, 0.717) is 11.6 Å². The van der Waals surface area contributed by atoms with Crippen LogP contribution in [-0.4, -0.2) is 50.3 Å². The minimum absolute atomic E-state index is 0.00199. The summed E-state index contributed by atoms with van der Waals surface area (Å²) < 4.78 is 30.4. The summed E-state index contributed by atoms with van der Waals surface area (Å²) in [7, 11) is 2.00. The second-order valence-electron chi connectivity index (χ2n) is 11.6. The van der Waals surface area contributed by atoms with Crippen LogP contribution in [0.15, 0.2) is 49.8 Å². The summed E-state index contributed by atoms with van der Waals surface area (Å²) in [6.07, 6.45) is 10.1. The number of amides is 1. The van der Waals surface area contributed by atoms with Gasteiger partial charge in [-0.3, -0.25) is 9.48 Å². The molecule has 3 aromatic rings. The number of aryl methyl sites for hydroxylation is 1. The van der Waals surface area contributed by atoms with Crippen LogP contribution in [0.3, 0.4) is 0 Å². The number of nitrogens with zero attached hydrogens (tertiary/aromatic N) is 5. The number of aromatic nitrogens is 5. The summed E-state index contributed by atoms with van der Waals surface area (Å²) in [5.41, 5.74) is 2.40. The number of carbonyl (C=O) groups is 1. The standard InChI is InChI=1S/C24H31F2N5O.C7H10N2/c1-3-24(10-16(22(25)26)12-28-23(24)32)11-17-8-9-19-29-18(13-31(19)30-17)21(27-2)20(14-4-5-14)15-6-7-15;1-3-7-5-6-8-9(7)4-2/h3,8-9,13-16,20-22,27H,1,4-7,10-12H2,2H3,(H,28,32);3,5-6H,1,4H2,2H3. The maximum atomic E-state index is 13.4. The zero-order valence-corrected chi connectivity index (χ0v) is 24.0. The highest BCUT2D eigenvalue weighted by molar-refractivity contribution is 5.85. The van der Waals surface area contributed by atoms with Crippen LogP contribution < -0.4 is 10.6 Å². The molecule has 3 atom stereocenters. The van der Waals surface area contributed by atoms with Crippen LogP contribution >= 0.6 is 0 Å². The Kier molecular flexibility index (Phi) is 8.68. The third-order valence-electron chi connectivity index (χ3n) is 8.85. The molecule has 0 spiro atoms. The molecule has 2 saturated carbocycles. The molecule has 0 bridgehead atoms. The Morgan fingerprint density at radius 3 is 2.46 bits per heavy atom. The molecular weight excluding hydrogens is 524 g/mol. The molecule has 0 radical (unpaired) electrons. The van der Waals surface area contributed by atoms with Gasteiger partial charge in [-0.25, -0.2) is 18.3 Å². The second kappa shape index (κ2) is 12.2. The van der Waals surface area contributed by atoms with Crippen LogP contribution in [0.1, 0.15) is 62.2 Å². The Morgan fingerprint density at radius 2 is 1.90 bits per heavy atom. The van der Waals surface area contributed by atoms with Crippen molar-refractivity contribution in [3.05, 3.63) is 66.9 Å². The van der Waals surface area contributed by atoms with Gasteiger partial charge in [0.25, 0.3) is 0 Å². The number of fused-ring (bicyclic) bond motifs is 1. The molecule has 220 valence electrons. The van der Waals surface area contributed by atoms with E-state index < -0.39 is 17.8 Å². The molecule has 1 saturated heterocycles. The highest BCUT2D eigenvalue weighted by Gasteiger charge is 2.46. The van der Waals surface area contributed by atoms with Crippen molar-refractivity contribution in [2.24, 2.45) is 29.1 Å². The van der Waals surface area contributed by atoms with Crippen LogP contribution in [0.2, 0.25) is 0 Å². The van der Waals surface area contributed by atoms with Gasteiger partial charge < -0.3 is 10.6 Å². The number of halogens is 2. The average molecular weight is 566 g/mol. The van der Waals surface area contributed by atoms with Gasteiger partial charge in [0.1, 0.15) is 0 Å². The molecular formula is C31H41F2N7O. The zero-order valence-electron chi connectivity index (χ0n) is 24.0. The molecule has 6 rings (SSSR count). The van der Waals surface area contributed by atoms with Gasteiger partial charge in [0.2, 0.25) is 12.3 Å². The Balaban J connectivity index is 0.000000321. The normalized spacial score (nSPS) is 23.3. The number of rotatable bonds is 11. The van der Waals surface area contributed by atoms with E-state index in [-0.39, 0.29) is 31.3 Å². The molecule has 2 aliphatic carbocycles. The lowest BCUT2D eigenvalue weighted by atomic mass is 9.72. The van der Waals surface area contributed by atoms with E-state index in [2.05, 4.69) is 35.8 Å². The van der Waals surface area contributed by atoms with Crippen molar-refractivity contribution >= 4 is 17.6 Å². The minimum Gasteiger partial charge on any atom is -0.355 e. The van der Waals surface area contributed by atoms with Crippen molar-refractivity contribution < 1.29 is 13.6 Å². The first kappa shape index (κ1) is 29.1. The van der Waals surface area contributed by atoms with Gasteiger partial charge in [-0.15, -0.1) is 6.58 Å². The summed E-state index contributed by atoms with van der Waals surface area (Å²) in [4.78, 5) is 17.5. The summed E-state index contributed by atoms with van der Waals surface area (Å²) in [5, 5.41) is 14.9. The number of alkyl halides is 2. The molecule has 3 fully saturated rings. The van der Waals surface area contributed by atoms with Crippen molar-refractivity contribution in [1.29, 1.82) is 0 Å². The van der Waals surface area contributed by atoms with Gasteiger partial charge in [0.05, 0.1) is 34.7 Å². The van der Waals surface area contributed by atoms with Gasteiger partial charge in [0.15, 0.2) is 5.65 Å². The fourth-order valence-corrected chi connectivity index (χ4v) is 6.33. The molecule has 10 heteroatoms. The molecule has 2 N–H and O–H groups in total. The molecule has 0 aromatic carbocycles. The van der Waals surface area contributed by atoms with Crippen molar-refractivity contribution in [3.63, 3.8) is 0 Å². The molecule has 1 aliphatic heterocycles. The molecule has 3 aliphatic rings. The number of imidazole rings is 1. The van der Waals surface area contributed by atoms with E-state index in [0.717, 1.165) is 35.4 Å². The predicted octanol–water partition coefficient (Wildman–Crippen LogP) is 5.09. The van der Waals surface area contributed by atoms with E-state index >= 15 is 0 Å². The number of hydrogen-bond donors (Lipinski definition) is 2. The molecule has 3 unspecified atom stereocenters. The average Bonchev–Trinajstić information content (AvgIpc) is 3.91. The first-order valence-electron chi connectivity index (χ1n) is 14.7. The van der Waals surface area contributed by atoms with E-state index in [1.165, 1.54) is 31.8 Å². The van der Waals surface area contributed by atoms with Crippen molar-refractivity contribution in [3.8, 4) is 0 Å². The Labute approximate surface area is 240 Å². The highest BCUT2D eigenvalue weighted by Crippen LogP contribution is 2.53. The lowest BCUT2D eigenvalue weighted by molar-refractivity contribution is -0.133. The van der Waals surface area contributed by atoms with Crippen LogP contribution in [0.25, 0.3) is 11.7 Å². The van der Waals surface area contributed by atoms with Gasteiger partial charge in [-0.1, -0.05) is 12.7 Å². The monoisotopic (exact) mass is 565 g/mol. The Bertz CT molecular complexity index is 1360. The maximum Gasteiger partial charge on any atom is 0.243 e. The maximum absolute atomic E-state index is 13.4. The third kappa shape index (κ3) is 6.27. The van der Waals surface area contributed by atoms with Crippen LogP contribution in [0, 0.1) is 29.1 Å². The summed E-state index contributed by atoms with van der Waals surface area (Å²) in [6.45, 7) is 10.4. The smallest absolute Gasteiger partial charge is 0.243 e. The molecule has 4 heterocycles. The predicted molar refractivity (Wildman–Crippen MR) is 155 cm³/mol. The Hall–Kier alpha value is -3.40. The lowest BCUT2D eigenvalue weighted by Gasteiger charge is -2.37. The van der Waals surface area contributed by atoms with E-state index in [4.69, 9.17) is 10.1 Å². The fraction of sp³-hybridized carbons (Fsp3) is 0.548. The first-order valence-corrected chi connectivity index (χ1v) is 14.7. The van der Waals surface area contributed by atoms with Crippen molar-refractivity contribution in [2.45, 2.75) is 64.5 Å². The van der Waals surface area contributed by atoms with E-state index in [9.17, 15) is 13.6 Å². The highest BCUT2D eigenvalue weighted by atomic mass is 19.3. The zero-order chi connectivity index (χ0) is 29.1. The summed E-state index contributed by atoms with van der Waals surface area (Å²) in [5.74, 6) is 1.05. The fourth-order valence-electron chi connectivity index (χ4n) is 6.33. The number of nitrogens with one attached hydrogen (secondary N) is 2. The van der Waals surface area contributed by atoms with Gasteiger partial charge in [0, 0.05) is 31.6 Å². The Morgan fingerprint density at radius 1 is 1.17 bits per heavy atom. The quantitative estimate of drug-likeness (QED) is 0.316. The SMILES string of the molecule is C=CC1(Cc2ccc3nc(C(NC)C(C4CC4)C4CC4)cn3n2)CC(C(F)F)CNC1=O.C=Cc1ccnn1CC. The lowest BCUT2D eigenvalue weighted by Crippen LogP contribution is -2.51. The molecule has 1 amide bonds. The van der Waals surface area contributed by atoms with Gasteiger partial charge >= 0.3 is 0 Å². The number of hydrogen-bond acceptors (Lipinski definition) is 5. The van der Waals surface area contributed by atoms with Crippen LogP contribution in [-0.2, 0) is 17.8 Å². The molecule has 41 heavy (non-hydrogen) atoms. The second-order valence-corrected chi connectivity index (χ2v) is 11.6. The van der Waals surface area contributed by atoms with Gasteiger partial charge in [-0.2, -0.15) is 10.2 Å². The summed E-state index contributed by atoms with van der Waals surface area (Å²) in [6, 6.07) is 5.88. The van der Waals surface area contributed by atoms with E-state index in [1.54, 1.807) is 16.8 Å². The number of carbonyl (C=O) groups excluding carboxylic acids is 1. The molecule has 3 aromatic heterocycles. The topological polar surface area (TPSA) is 89.1 Å². The summed E-state index contributed by atoms with van der Waals surface area (Å²) >= 11 is 0. The largest absolute Gasteiger partial charge is 0.355 e. The molecule has 8 nitrogen and oxygen atoms in total. The van der Waals surface area contributed by atoms with Gasteiger partial charge in [-0.05, 0) is 88.1 Å². The van der Waals surface area contributed by atoms with Crippen molar-refractivity contribution in [2.75, 3.05) is 13.6 Å².